The molecule has 18 heavy (non-hydrogen) atoms. The standard InChI is InChI=1S/C16H25NS/c1-11-9-13(3)14(10-12(11)2)16(17-4)15-7-5-6-8-18-15/h9-10,15-17H,5-8H2,1-4H3. The van der Waals surface area contributed by atoms with Crippen LogP contribution >= 0.6 is 11.8 Å². The molecule has 0 saturated carbocycles. The summed E-state index contributed by atoms with van der Waals surface area (Å²) in [7, 11) is 2.11. The Morgan fingerprint density at radius 1 is 1.11 bits per heavy atom. The van der Waals surface area contributed by atoms with Crippen LogP contribution in [0, 0.1) is 20.8 Å². The third-order valence-electron chi connectivity index (χ3n) is 4.12. The summed E-state index contributed by atoms with van der Waals surface area (Å²) in [6, 6.07) is 5.23. The van der Waals surface area contributed by atoms with E-state index in [4.69, 9.17) is 0 Å². The highest BCUT2D eigenvalue weighted by molar-refractivity contribution is 8.00. The third-order valence-corrected chi connectivity index (χ3v) is 5.58. The molecule has 1 aromatic carbocycles. The highest BCUT2D eigenvalue weighted by atomic mass is 32.2. The van der Waals surface area contributed by atoms with E-state index in [0.717, 1.165) is 5.25 Å². The van der Waals surface area contributed by atoms with Crippen LogP contribution in [0.2, 0.25) is 0 Å². The van der Waals surface area contributed by atoms with Gasteiger partial charge in [-0.3, -0.25) is 0 Å². The average molecular weight is 263 g/mol. The molecule has 0 bridgehead atoms. The Balaban J connectivity index is 2.28. The van der Waals surface area contributed by atoms with Gasteiger partial charge in [0.05, 0.1) is 0 Å². The maximum Gasteiger partial charge on any atom is 0.0440 e. The fourth-order valence-electron chi connectivity index (χ4n) is 2.89. The molecule has 2 unspecified atom stereocenters. The van der Waals surface area contributed by atoms with Crippen LogP contribution in [0.3, 0.4) is 0 Å². The first-order valence-electron chi connectivity index (χ1n) is 7.00. The molecular formula is C16H25NS. The number of benzene rings is 1. The number of hydrogen-bond acceptors (Lipinski definition) is 2. The van der Waals surface area contributed by atoms with Crippen LogP contribution in [-0.2, 0) is 0 Å². The maximum absolute atomic E-state index is 3.55. The number of rotatable bonds is 3. The minimum Gasteiger partial charge on any atom is -0.312 e. The molecule has 1 heterocycles. The van der Waals surface area contributed by atoms with Crippen molar-refractivity contribution in [3.05, 3.63) is 34.4 Å². The van der Waals surface area contributed by atoms with Gasteiger partial charge in [0.25, 0.3) is 0 Å². The van der Waals surface area contributed by atoms with E-state index in [0.29, 0.717) is 6.04 Å². The number of hydrogen-bond donors (Lipinski definition) is 1. The largest absolute Gasteiger partial charge is 0.312 e. The molecule has 0 radical (unpaired) electrons. The van der Waals surface area contributed by atoms with Crippen molar-refractivity contribution in [2.45, 2.75) is 51.3 Å². The van der Waals surface area contributed by atoms with Crippen molar-refractivity contribution in [1.82, 2.24) is 5.32 Å². The predicted molar refractivity (Wildman–Crippen MR) is 82.6 cm³/mol. The molecule has 0 aromatic heterocycles. The molecule has 1 N–H and O–H groups in total. The van der Waals surface area contributed by atoms with Crippen LogP contribution in [-0.4, -0.2) is 18.1 Å². The summed E-state index contributed by atoms with van der Waals surface area (Å²) in [6.45, 7) is 6.68. The van der Waals surface area contributed by atoms with Gasteiger partial charge in [-0.05, 0) is 68.7 Å². The second-order valence-corrected chi connectivity index (χ2v) is 6.81. The molecule has 2 atom stereocenters. The number of nitrogens with one attached hydrogen (secondary N) is 1. The minimum atomic E-state index is 0.509. The summed E-state index contributed by atoms with van der Waals surface area (Å²) < 4.78 is 0. The highest BCUT2D eigenvalue weighted by Crippen LogP contribution is 2.36. The molecule has 1 aliphatic heterocycles. The van der Waals surface area contributed by atoms with Crippen LogP contribution in [0.1, 0.15) is 47.6 Å². The molecule has 2 rings (SSSR count). The molecule has 1 aromatic rings. The number of aryl methyl sites for hydroxylation is 3. The Morgan fingerprint density at radius 3 is 2.44 bits per heavy atom. The van der Waals surface area contributed by atoms with Gasteiger partial charge in [0.1, 0.15) is 0 Å². The molecule has 1 saturated heterocycles. The van der Waals surface area contributed by atoms with Crippen LogP contribution in [0.25, 0.3) is 0 Å². The summed E-state index contributed by atoms with van der Waals surface area (Å²) in [5, 5.41) is 4.30. The van der Waals surface area contributed by atoms with Crippen LogP contribution in [0.4, 0.5) is 0 Å². The molecule has 0 amide bonds. The van der Waals surface area contributed by atoms with Crippen molar-refractivity contribution in [3.8, 4) is 0 Å². The molecule has 100 valence electrons. The molecule has 0 spiro atoms. The van der Waals surface area contributed by atoms with Crippen molar-refractivity contribution < 1.29 is 0 Å². The van der Waals surface area contributed by atoms with Crippen LogP contribution < -0.4 is 5.32 Å². The Bertz CT molecular complexity index is 408. The SMILES string of the molecule is CNC(c1cc(C)c(C)cc1C)C1CCCCS1. The van der Waals surface area contributed by atoms with Crippen molar-refractivity contribution >= 4 is 11.8 Å². The maximum atomic E-state index is 3.55. The summed E-state index contributed by atoms with van der Waals surface area (Å²) in [5.41, 5.74) is 5.75. The van der Waals surface area contributed by atoms with Crippen molar-refractivity contribution in [3.63, 3.8) is 0 Å². The third kappa shape index (κ3) is 2.92. The van der Waals surface area contributed by atoms with E-state index < -0.39 is 0 Å². The second kappa shape index (κ2) is 6.12. The van der Waals surface area contributed by atoms with Crippen molar-refractivity contribution in [2.75, 3.05) is 12.8 Å². The van der Waals surface area contributed by atoms with E-state index in [1.807, 2.05) is 0 Å². The van der Waals surface area contributed by atoms with Gasteiger partial charge in [-0.25, -0.2) is 0 Å². The lowest BCUT2D eigenvalue weighted by molar-refractivity contribution is 0.514. The summed E-state index contributed by atoms with van der Waals surface area (Å²) in [5.74, 6) is 1.33. The normalized spacial score (nSPS) is 21.9. The van der Waals surface area contributed by atoms with Gasteiger partial charge in [-0.1, -0.05) is 18.6 Å². The molecular weight excluding hydrogens is 238 g/mol. The lowest BCUT2D eigenvalue weighted by atomic mass is 9.92. The summed E-state index contributed by atoms with van der Waals surface area (Å²) >= 11 is 2.15. The van der Waals surface area contributed by atoms with Gasteiger partial charge in [0, 0.05) is 11.3 Å². The van der Waals surface area contributed by atoms with Crippen molar-refractivity contribution in [2.24, 2.45) is 0 Å². The smallest absolute Gasteiger partial charge is 0.0440 e. The second-order valence-electron chi connectivity index (χ2n) is 5.46. The van der Waals surface area contributed by atoms with E-state index in [-0.39, 0.29) is 0 Å². The molecule has 1 fully saturated rings. The van der Waals surface area contributed by atoms with Gasteiger partial charge >= 0.3 is 0 Å². The zero-order chi connectivity index (χ0) is 13.1. The van der Waals surface area contributed by atoms with E-state index in [1.54, 1.807) is 0 Å². The minimum absolute atomic E-state index is 0.509. The van der Waals surface area contributed by atoms with Crippen LogP contribution in [0.15, 0.2) is 12.1 Å². The average Bonchev–Trinajstić information content (AvgIpc) is 2.38. The Labute approximate surface area is 116 Å². The van der Waals surface area contributed by atoms with E-state index >= 15 is 0 Å². The Morgan fingerprint density at radius 2 is 1.83 bits per heavy atom. The summed E-state index contributed by atoms with van der Waals surface area (Å²) in [6.07, 6.45) is 4.13. The lowest BCUT2D eigenvalue weighted by Gasteiger charge is -2.31. The molecule has 1 aliphatic rings. The highest BCUT2D eigenvalue weighted by Gasteiger charge is 2.25. The first-order valence-corrected chi connectivity index (χ1v) is 8.05. The van der Waals surface area contributed by atoms with E-state index in [2.05, 4.69) is 57.0 Å². The van der Waals surface area contributed by atoms with Gasteiger partial charge < -0.3 is 5.32 Å². The van der Waals surface area contributed by atoms with Crippen molar-refractivity contribution in [1.29, 1.82) is 0 Å². The van der Waals surface area contributed by atoms with E-state index in [9.17, 15) is 0 Å². The predicted octanol–water partition coefficient (Wildman–Crippen LogP) is 4.16. The first kappa shape index (κ1) is 14.0. The number of thioether (sulfide) groups is 1. The fraction of sp³-hybridized carbons (Fsp3) is 0.625. The monoisotopic (exact) mass is 263 g/mol. The first-order chi connectivity index (χ1) is 8.63. The molecule has 1 nitrogen and oxygen atoms in total. The van der Waals surface area contributed by atoms with Gasteiger partial charge in [0.2, 0.25) is 0 Å². The zero-order valence-electron chi connectivity index (χ0n) is 12.0. The van der Waals surface area contributed by atoms with E-state index in [1.165, 1.54) is 47.3 Å². The Kier molecular flexibility index (Phi) is 4.74. The van der Waals surface area contributed by atoms with Crippen LogP contribution in [0.5, 0.6) is 0 Å². The molecule has 2 heteroatoms. The topological polar surface area (TPSA) is 12.0 Å². The van der Waals surface area contributed by atoms with Gasteiger partial charge in [-0.2, -0.15) is 11.8 Å². The molecule has 0 aliphatic carbocycles. The Hall–Kier alpha value is -0.470. The van der Waals surface area contributed by atoms with Gasteiger partial charge in [-0.15, -0.1) is 0 Å². The quantitative estimate of drug-likeness (QED) is 0.879. The fourth-order valence-corrected chi connectivity index (χ4v) is 4.37. The lowest BCUT2D eigenvalue weighted by Crippen LogP contribution is -2.30. The van der Waals surface area contributed by atoms with Gasteiger partial charge in [0.15, 0.2) is 0 Å². The summed E-state index contributed by atoms with van der Waals surface area (Å²) in [4.78, 5) is 0. The zero-order valence-corrected chi connectivity index (χ0v) is 12.9.